The summed E-state index contributed by atoms with van der Waals surface area (Å²) < 4.78 is 27.0. The highest BCUT2D eigenvalue weighted by Gasteiger charge is 2.34. The quantitative estimate of drug-likeness (QED) is 0.762. The van der Waals surface area contributed by atoms with Gasteiger partial charge in [0, 0.05) is 43.5 Å². The minimum Gasteiger partial charge on any atom is -0.506 e. The van der Waals surface area contributed by atoms with Crippen molar-refractivity contribution >= 4 is 24.8 Å². The molecule has 0 saturated carbocycles. The molecule has 0 unspecified atom stereocenters. The molecule has 128 valence electrons. The predicted octanol–water partition coefficient (Wildman–Crippen LogP) is 1.64. The molecular formula is C13H21Cl2F2N3O2. The van der Waals surface area contributed by atoms with Gasteiger partial charge in [-0.1, -0.05) is 0 Å². The number of nitrogens with one attached hydrogen (secondary N) is 1. The monoisotopic (exact) mass is 359 g/mol. The van der Waals surface area contributed by atoms with Gasteiger partial charge in [-0.2, -0.15) is 0 Å². The molecule has 1 aromatic rings. The lowest BCUT2D eigenvalue weighted by molar-refractivity contribution is 0.0159. The van der Waals surface area contributed by atoms with Crippen molar-refractivity contribution in [3.63, 3.8) is 0 Å². The van der Waals surface area contributed by atoms with Gasteiger partial charge in [-0.05, 0) is 6.92 Å². The Balaban J connectivity index is 0.00000220. The number of alkyl halides is 2. The summed E-state index contributed by atoms with van der Waals surface area (Å²) in [5.41, 5.74) is 0.631. The van der Waals surface area contributed by atoms with Crippen LogP contribution in [0.5, 0.6) is 5.75 Å². The SMILES string of the molecule is Cc1ncc(CO)c([C@H](C(F)F)N2CCNCC2)c1O.Cl.Cl. The smallest absolute Gasteiger partial charge is 0.258 e. The molecule has 1 saturated heterocycles. The van der Waals surface area contributed by atoms with Gasteiger partial charge in [0.25, 0.3) is 6.43 Å². The second-order valence-corrected chi connectivity index (χ2v) is 4.85. The average molecular weight is 360 g/mol. The highest BCUT2D eigenvalue weighted by molar-refractivity contribution is 5.85. The molecule has 2 heterocycles. The van der Waals surface area contributed by atoms with E-state index in [1.165, 1.54) is 6.20 Å². The highest BCUT2D eigenvalue weighted by Crippen LogP contribution is 2.37. The molecule has 9 heteroatoms. The summed E-state index contributed by atoms with van der Waals surface area (Å²) in [5, 5.41) is 22.5. The van der Waals surface area contributed by atoms with Crippen molar-refractivity contribution in [1.29, 1.82) is 0 Å². The van der Waals surface area contributed by atoms with Crippen LogP contribution in [-0.2, 0) is 6.61 Å². The lowest BCUT2D eigenvalue weighted by atomic mass is 9.98. The van der Waals surface area contributed by atoms with Crippen LogP contribution in [0.2, 0.25) is 0 Å². The number of hydrogen-bond donors (Lipinski definition) is 3. The average Bonchev–Trinajstić information content (AvgIpc) is 2.45. The number of aryl methyl sites for hydroxylation is 1. The first-order chi connectivity index (χ1) is 9.56. The molecule has 1 aromatic heterocycles. The van der Waals surface area contributed by atoms with Gasteiger partial charge in [0.1, 0.15) is 11.8 Å². The Hall–Kier alpha value is -0.730. The molecular weight excluding hydrogens is 339 g/mol. The number of pyridine rings is 1. The van der Waals surface area contributed by atoms with Crippen LogP contribution in [0.3, 0.4) is 0 Å². The Morgan fingerprint density at radius 3 is 2.41 bits per heavy atom. The van der Waals surface area contributed by atoms with E-state index < -0.39 is 19.1 Å². The van der Waals surface area contributed by atoms with Gasteiger partial charge in [0.15, 0.2) is 0 Å². The van der Waals surface area contributed by atoms with E-state index in [1.807, 2.05) is 0 Å². The summed E-state index contributed by atoms with van der Waals surface area (Å²) in [7, 11) is 0. The molecule has 0 aromatic carbocycles. The maximum absolute atomic E-state index is 13.5. The van der Waals surface area contributed by atoms with Crippen molar-refractivity contribution in [2.75, 3.05) is 26.2 Å². The minimum absolute atomic E-state index is 0. The number of aliphatic hydroxyl groups is 1. The normalized spacial score (nSPS) is 16.8. The van der Waals surface area contributed by atoms with Crippen LogP contribution >= 0.6 is 24.8 Å². The van der Waals surface area contributed by atoms with Crippen LogP contribution in [0.4, 0.5) is 8.78 Å². The van der Waals surface area contributed by atoms with E-state index in [1.54, 1.807) is 11.8 Å². The Labute approximate surface area is 140 Å². The fraction of sp³-hybridized carbons (Fsp3) is 0.615. The number of aromatic hydroxyl groups is 1. The molecule has 22 heavy (non-hydrogen) atoms. The zero-order valence-corrected chi connectivity index (χ0v) is 13.8. The Kier molecular flexibility index (Phi) is 9.11. The van der Waals surface area contributed by atoms with Crippen molar-refractivity contribution in [1.82, 2.24) is 15.2 Å². The largest absolute Gasteiger partial charge is 0.506 e. The number of piperazine rings is 1. The van der Waals surface area contributed by atoms with Crippen LogP contribution in [0.25, 0.3) is 0 Å². The van der Waals surface area contributed by atoms with Crippen LogP contribution in [0.15, 0.2) is 6.20 Å². The number of nitrogens with zero attached hydrogens (tertiary/aromatic N) is 2. The van der Waals surface area contributed by atoms with Crippen LogP contribution in [0, 0.1) is 6.92 Å². The second kappa shape index (κ2) is 9.42. The van der Waals surface area contributed by atoms with E-state index in [4.69, 9.17) is 0 Å². The topological polar surface area (TPSA) is 68.6 Å². The number of aliphatic hydroxyl groups excluding tert-OH is 1. The van der Waals surface area contributed by atoms with Crippen LogP contribution < -0.4 is 5.32 Å². The molecule has 0 aliphatic carbocycles. The third-order valence-corrected chi connectivity index (χ3v) is 3.61. The standard InChI is InChI=1S/C13H19F2N3O2.2ClH/c1-8-12(20)10(9(7-19)6-17-8)11(13(14)15)18-4-2-16-3-5-18;;/h6,11,13,16,19-20H,2-5,7H2,1H3;2*1H/t11-;;/m1../s1. The van der Waals surface area contributed by atoms with Crippen molar-refractivity contribution in [3.8, 4) is 5.75 Å². The summed E-state index contributed by atoms with van der Waals surface area (Å²) in [6.07, 6.45) is -1.30. The first kappa shape index (κ1) is 21.3. The molecule has 0 spiro atoms. The summed E-state index contributed by atoms with van der Waals surface area (Å²) in [6.45, 7) is 3.33. The Bertz CT molecular complexity index is 475. The van der Waals surface area contributed by atoms with E-state index in [9.17, 15) is 19.0 Å². The molecule has 1 atom stereocenters. The molecule has 5 nitrogen and oxygen atoms in total. The highest BCUT2D eigenvalue weighted by atomic mass is 35.5. The molecule has 2 rings (SSSR count). The van der Waals surface area contributed by atoms with E-state index in [-0.39, 0.29) is 47.4 Å². The van der Waals surface area contributed by atoms with Crippen molar-refractivity contribution in [2.24, 2.45) is 0 Å². The number of rotatable bonds is 4. The third kappa shape index (κ3) is 4.39. The lowest BCUT2D eigenvalue weighted by Crippen LogP contribution is -2.47. The van der Waals surface area contributed by atoms with Gasteiger partial charge in [0.05, 0.1) is 12.3 Å². The van der Waals surface area contributed by atoms with Gasteiger partial charge < -0.3 is 15.5 Å². The molecule has 0 amide bonds. The van der Waals surface area contributed by atoms with Gasteiger partial charge >= 0.3 is 0 Å². The van der Waals surface area contributed by atoms with E-state index in [0.717, 1.165) is 0 Å². The molecule has 0 bridgehead atoms. The first-order valence-electron chi connectivity index (χ1n) is 6.57. The van der Waals surface area contributed by atoms with Crippen molar-refractivity contribution in [2.45, 2.75) is 26.0 Å². The third-order valence-electron chi connectivity index (χ3n) is 3.61. The first-order valence-corrected chi connectivity index (χ1v) is 6.57. The molecule has 3 N–H and O–H groups in total. The predicted molar refractivity (Wildman–Crippen MR) is 84.2 cm³/mol. The fourth-order valence-corrected chi connectivity index (χ4v) is 2.54. The Morgan fingerprint density at radius 1 is 1.32 bits per heavy atom. The van der Waals surface area contributed by atoms with Crippen LogP contribution in [0.1, 0.15) is 22.9 Å². The Morgan fingerprint density at radius 2 is 1.91 bits per heavy atom. The summed E-state index contributed by atoms with van der Waals surface area (Å²) >= 11 is 0. The van der Waals surface area contributed by atoms with E-state index >= 15 is 0 Å². The zero-order valence-electron chi connectivity index (χ0n) is 12.1. The fourth-order valence-electron chi connectivity index (χ4n) is 2.54. The van der Waals surface area contributed by atoms with E-state index in [0.29, 0.717) is 26.2 Å². The minimum atomic E-state index is -2.65. The lowest BCUT2D eigenvalue weighted by Gasteiger charge is -2.35. The molecule has 0 radical (unpaired) electrons. The second-order valence-electron chi connectivity index (χ2n) is 4.85. The van der Waals surface area contributed by atoms with Crippen molar-refractivity contribution < 1.29 is 19.0 Å². The molecule has 1 fully saturated rings. The summed E-state index contributed by atoms with van der Waals surface area (Å²) in [6, 6.07) is -1.22. The van der Waals surface area contributed by atoms with E-state index in [2.05, 4.69) is 10.3 Å². The summed E-state index contributed by atoms with van der Waals surface area (Å²) in [4.78, 5) is 5.55. The number of halogens is 4. The van der Waals surface area contributed by atoms with Crippen LogP contribution in [-0.4, -0.2) is 52.7 Å². The van der Waals surface area contributed by atoms with Gasteiger partial charge in [0.2, 0.25) is 0 Å². The molecule has 1 aliphatic rings. The number of hydrogen-bond acceptors (Lipinski definition) is 5. The van der Waals surface area contributed by atoms with Crippen molar-refractivity contribution in [3.05, 3.63) is 23.0 Å². The van der Waals surface area contributed by atoms with Gasteiger partial charge in [-0.15, -0.1) is 24.8 Å². The maximum Gasteiger partial charge on any atom is 0.258 e. The van der Waals surface area contributed by atoms with Gasteiger partial charge in [-0.3, -0.25) is 9.88 Å². The molecule has 1 aliphatic heterocycles. The summed E-state index contributed by atoms with van der Waals surface area (Å²) in [5.74, 6) is -0.250. The van der Waals surface area contributed by atoms with Gasteiger partial charge in [-0.25, -0.2) is 8.78 Å². The zero-order chi connectivity index (χ0) is 14.7. The number of aromatic nitrogens is 1. The maximum atomic E-state index is 13.5.